The number of rotatable bonds is 4. The Morgan fingerprint density at radius 1 is 1.00 bits per heavy atom. The van der Waals surface area contributed by atoms with Crippen LogP contribution in [0.5, 0.6) is 0 Å². The maximum Gasteiger partial charge on any atom is 0.0294 e. The molecule has 2 aromatic carbocycles. The molecule has 0 fully saturated rings. The van der Waals surface area contributed by atoms with Crippen molar-refractivity contribution >= 4 is 15.9 Å². The van der Waals surface area contributed by atoms with Gasteiger partial charge >= 0.3 is 0 Å². The molecule has 0 amide bonds. The van der Waals surface area contributed by atoms with Crippen LogP contribution in [-0.4, -0.2) is 0 Å². The van der Waals surface area contributed by atoms with E-state index in [0.717, 1.165) is 11.0 Å². The zero-order chi connectivity index (χ0) is 13.0. The summed E-state index contributed by atoms with van der Waals surface area (Å²) in [6, 6.07) is 17.5. The Hall–Kier alpha value is -1.12. The van der Waals surface area contributed by atoms with Gasteiger partial charge in [-0.25, -0.2) is 0 Å². The highest BCUT2D eigenvalue weighted by molar-refractivity contribution is 9.10. The topological polar surface area (TPSA) is 12.0 Å². The fourth-order valence-electron chi connectivity index (χ4n) is 1.85. The van der Waals surface area contributed by atoms with Crippen LogP contribution in [0.25, 0.3) is 0 Å². The first-order valence-corrected chi connectivity index (χ1v) is 6.99. The van der Waals surface area contributed by atoms with Crippen LogP contribution in [0.4, 0.5) is 0 Å². The minimum atomic E-state index is 0.370. The van der Waals surface area contributed by atoms with Crippen molar-refractivity contribution in [2.24, 2.45) is 0 Å². The van der Waals surface area contributed by atoms with E-state index >= 15 is 0 Å². The summed E-state index contributed by atoms with van der Waals surface area (Å²) < 4.78 is 1.12. The maximum atomic E-state index is 3.54. The van der Waals surface area contributed by atoms with Gasteiger partial charge in [0.1, 0.15) is 0 Å². The summed E-state index contributed by atoms with van der Waals surface area (Å²) in [6.07, 6.45) is 0. The molecule has 2 rings (SSSR count). The molecule has 0 aliphatic carbocycles. The van der Waals surface area contributed by atoms with E-state index in [2.05, 4.69) is 83.6 Å². The summed E-state index contributed by atoms with van der Waals surface area (Å²) in [7, 11) is 0. The molecule has 2 heteroatoms. The van der Waals surface area contributed by atoms with E-state index in [1.165, 1.54) is 16.7 Å². The third-order valence-electron chi connectivity index (χ3n) is 3.10. The number of benzene rings is 2. The molecule has 1 nitrogen and oxygen atoms in total. The van der Waals surface area contributed by atoms with Gasteiger partial charge in [-0.1, -0.05) is 57.9 Å². The minimum Gasteiger partial charge on any atom is -0.306 e. The van der Waals surface area contributed by atoms with Gasteiger partial charge in [-0.3, -0.25) is 0 Å². The van der Waals surface area contributed by atoms with E-state index in [1.807, 2.05) is 0 Å². The third kappa shape index (κ3) is 3.69. The van der Waals surface area contributed by atoms with E-state index in [4.69, 9.17) is 0 Å². The van der Waals surface area contributed by atoms with Crippen molar-refractivity contribution in [1.29, 1.82) is 0 Å². The van der Waals surface area contributed by atoms with Crippen LogP contribution in [0, 0.1) is 6.92 Å². The summed E-state index contributed by atoms with van der Waals surface area (Å²) in [5.41, 5.74) is 3.94. The molecule has 0 aromatic heterocycles. The number of hydrogen-bond donors (Lipinski definition) is 1. The molecular formula is C16H18BrN. The fourth-order valence-corrected chi connectivity index (χ4v) is 2.11. The van der Waals surface area contributed by atoms with Crippen molar-refractivity contribution in [2.75, 3.05) is 0 Å². The van der Waals surface area contributed by atoms with Gasteiger partial charge in [0.2, 0.25) is 0 Å². The molecule has 0 aliphatic rings. The predicted octanol–water partition coefficient (Wildman–Crippen LogP) is 4.61. The maximum absolute atomic E-state index is 3.54. The van der Waals surface area contributed by atoms with Gasteiger partial charge in [-0.2, -0.15) is 0 Å². The standard InChI is InChI=1S/C16H18BrN/c1-12-3-7-15(8-4-12)13(2)18-11-14-5-9-16(17)10-6-14/h3-10,13,18H,11H2,1-2H3/t13-/m1/s1. The van der Waals surface area contributed by atoms with Crippen LogP contribution in [0.15, 0.2) is 53.0 Å². The summed E-state index contributed by atoms with van der Waals surface area (Å²) in [5.74, 6) is 0. The highest BCUT2D eigenvalue weighted by atomic mass is 79.9. The van der Waals surface area contributed by atoms with Gasteiger partial charge in [0.05, 0.1) is 0 Å². The van der Waals surface area contributed by atoms with E-state index in [9.17, 15) is 0 Å². The average molecular weight is 304 g/mol. The van der Waals surface area contributed by atoms with Gasteiger partial charge in [-0.15, -0.1) is 0 Å². The molecule has 0 heterocycles. The van der Waals surface area contributed by atoms with Crippen LogP contribution in [-0.2, 0) is 6.54 Å². The number of nitrogens with one attached hydrogen (secondary N) is 1. The van der Waals surface area contributed by atoms with Crippen LogP contribution in [0.2, 0.25) is 0 Å². The summed E-state index contributed by atoms with van der Waals surface area (Å²) in [4.78, 5) is 0. The molecule has 0 saturated carbocycles. The zero-order valence-electron chi connectivity index (χ0n) is 10.8. The monoisotopic (exact) mass is 303 g/mol. The zero-order valence-corrected chi connectivity index (χ0v) is 12.4. The Morgan fingerprint density at radius 3 is 2.22 bits per heavy atom. The minimum absolute atomic E-state index is 0.370. The lowest BCUT2D eigenvalue weighted by Crippen LogP contribution is -2.17. The highest BCUT2D eigenvalue weighted by Crippen LogP contribution is 2.15. The molecular weight excluding hydrogens is 286 g/mol. The molecule has 94 valence electrons. The molecule has 2 aromatic rings. The van der Waals surface area contributed by atoms with Crippen LogP contribution in [0.1, 0.15) is 29.7 Å². The Morgan fingerprint density at radius 2 is 1.61 bits per heavy atom. The quantitative estimate of drug-likeness (QED) is 0.870. The molecule has 1 atom stereocenters. The summed E-state index contributed by atoms with van der Waals surface area (Å²) in [5, 5.41) is 3.54. The van der Waals surface area contributed by atoms with Crippen molar-refractivity contribution in [3.05, 3.63) is 69.7 Å². The first-order chi connectivity index (χ1) is 8.65. The Labute approximate surface area is 117 Å². The summed E-state index contributed by atoms with van der Waals surface area (Å²) in [6.45, 7) is 5.20. The van der Waals surface area contributed by atoms with Crippen molar-refractivity contribution in [3.8, 4) is 0 Å². The molecule has 0 spiro atoms. The molecule has 0 saturated heterocycles. The van der Waals surface area contributed by atoms with Gasteiger partial charge in [-0.05, 0) is 37.1 Å². The molecule has 0 radical (unpaired) electrons. The van der Waals surface area contributed by atoms with Gasteiger partial charge in [0.15, 0.2) is 0 Å². The van der Waals surface area contributed by atoms with E-state index in [0.29, 0.717) is 6.04 Å². The van der Waals surface area contributed by atoms with Crippen molar-refractivity contribution in [2.45, 2.75) is 26.4 Å². The van der Waals surface area contributed by atoms with Gasteiger partial charge in [0.25, 0.3) is 0 Å². The van der Waals surface area contributed by atoms with E-state index in [-0.39, 0.29) is 0 Å². The lowest BCUT2D eigenvalue weighted by atomic mass is 10.1. The largest absolute Gasteiger partial charge is 0.306 e. The molecule has 0 bridgehead atoms. The Kier molecular flexibility index (Phi) is 4.56. The SMILES string of the molecule is Cc1ccc([C@@H](C)NCc2ccc(Br)cc2)cc1. The normalized spacial score (nSPS) is 12.4. The first-order valence-electron chi connectivity index (χ1n) is 6.19. The Balaban J connectivity index is 1.93. The second-order valence-corrected chi connectivity index (χ2v) is 5.56. The lowest BCUT2D eigenvalue weighted by molar-refractivity contribution is 0.574. The van der Waals surface area contributed by atoms with E-state index < -0.39 is 0 Å². The molecule has 0 aliphatic heterocycles. The fraction of sp³-hybridized carbons (Fsp3) is 0.250. The second-order valence-electron chi connectivity index (χ2n) is 4.64. The first kappa shape index (κ1) is 13.3. The smallest absolute Gasteiger partial charge is 0.0294 e. The highest BCUT2D eigenvalue weighted by Gasteiger charge is 2.04. The van der Waals surface area contributed by atoms with E-state index in [1.54, 1.807) is 0 Å². The van der Waals surface area contributed by atoms with Gasteiger partial charge in [0, 0.05) is 17.1 Å². The molecule has 0 unspecified atom stereocenters. The average Bonchev–Trinajstić information content (AvgIpc) is 2.38. The van der Waals surface area contributed by atoms with Crippen LogP contribution in [0.3, 0.4) is 0 Å². The number of aryl methyl sites for hydroxylation is 1. The van der Waals surface area contributed by atoms with Crippen LogP contribution < -0.4 is 5.32 Å². The molecule has 1 N–H and O–H groups in total. The second kappa shape index (κ2) is 6.17. The molecule has 18 heavy (non-hydrogen) atoms. The number of hydrogen-bond acceptors (Lipinski definition) is 1. The number of halogens is 1. The predicted molar refractivity (Wildman–Crippen MR) is 80.6 cm³/mol. The van der Waals surface area contributed by atoms with Crippen LogP contribution >= 0.6 is 15.9 Å². The van der Waals surface area contributed by atoms with Gasteiger partial charge < -0.3 is 5.32 Å². The van der Waals surface area contributed by atoms with Crippen molar-refractivity contribution in [1.82, 2.24) is 5.32 Å². The van der Waals surface area contributed by atoms with Crippen molar-refractivity contribution in [3.63, 3.8) is 0 Å². The summed E-state index contributed by atoms with van der Waals surface area (Å²) >= 11 is 3.45. The third-order valence-corrected chi connectivity index (χ3v) is 3.63. The lowest BCUT2D eigenvalue weighted by Gasteiger charge is -2.14. The Bertz CT molecular complexity index is 488. The van der Waals surface area contributed by atoms with Crippen molar-refractivity contribution < 1.29 is 0 Å².